The van der Waals surface area contributed by atoms with E-state index in [2.05, 4.69) is 16.9 Å². The molecule has 6 heteroatoms. The molecule has 0 bridgehead atoms. The first-order chi connectivity index (χ1) is 10.1. The van der Waals surface area contributed by atoms with Gasteiger partial charge in [0.25, 0.3) is 5.56 Å². The van der Waals surface area contributed by atoms with Gasteiger partial charge >= 0.3 is 0 Å². The second-order valence-electron chi connectivity index (χ2n) is 6.32. The van der Waals surface area contributed by atoms with Gasteiger partial charge in [0.15, 0.2) is 4.77 Å². The lowest BCUT2D eigenvalue weighted by atomic mass is 10.1. The second-order valence-corrected chi connectivity index (χ2v) is 7.82. The lowest BCUT2D eigenvalue weighted by Crippen LogP contribution is -2.27. The van der Waals surface area contributed by atoms with Crippen LogP contribution in [-0.4, -0.2) is 34.6 Å². The molecule has 0 aromatic carbocycles. The van der Waals surface area contributed by atoms with Crippen LogP contribution in [0.15, 0.2) is 4.79 Å². The zero-order valence-electron chi connectivity index (χ0n) is 12.1. The average Bonchev–Trinajstić information content (AvgIpc) is 3.10. The van der Waals surface area contributed by atoms with Crippen LogP contribution in [0.25, 0.3) is 10.2 Å². The maximum Gasteiger partial charge on any atom is 0.263 e. The molecule has 0 amide bonds. The van der Waals surface area contributed by atoms with Gasteiger partial charge in [-0.1, -0.05) is 0 Å². The highest BCUT2D eigenvalue weighted by molar-refractivity contribution is 7.71. The van der Waals surface area contributed by atoms with Crippen LogP contribution in [0.3, 0.4) is 0 Å². The summed E-state index contributed by atoms with van der Waals surface area (Å²) in [4.78, 5) is 20.9. The molecule has 1 fully saturated rings. The van der Waals surface area contributed by atoms with Gasteiger partial charge in [-0.05, 0) is 63.0 Å². The highest BCUT2D eigenvalue weighted by atomic mass is 32.1. The zero-order chi connectivity index (χ0) is 14.6. The van der Waals surface area contributed by atoms with Gasteiger partial charge in [-0.15, -0.1) is 11.3 Å². The summed E-state index contributed by atoms with van der Waals surface area (Å²) in [6.07, 6.45) is 4.49. The summed E-state index contributed by atoms with van der Waals surface area (Å²) >= 11 is 7.16. The van der Waals surface area contributed by atoms with E-state index in [1.165, 1.54) is 16.9 Å². The molecule has 0 spiro atoms. The Morgan fingerprint density at radius 1 is 1.43 bits per heavy atom. The van der Waals surface area contributed by atoms with Crippen molar-refractivity contribution < 1.29 is 0 Å². The Morgan fingerprint density at radius 2 is 2.29 bits per heavy atom. The fraction of sp³-hybridized carbons (Fsp3) is 0.600. The predicted octanol–water partition coefficient (Wildman–Crippen LogP) is 2.56. The molecule has 1 aliphatic heterocycles. The average molecular weight is 321 g/mol. The van der Waals surface area contributed by atoms with E-state index in [9.17, 15) is 4.79 Å². The van der Waals surface area contributed by atoms with Gasteiger partial charge in [0.2, 0.25) is 0 Å². The number of rotatable bonds is 2. The van der Waals surface area contributed by atoms with Crippen molar-refractivity contribution in [1.82, 2.24) is 14.5 Å². The van der Waals surface area contributed by atoms with E-state index in [-0.39, 0.29) is 5.56 Å². The highest BCUT2D eigenvalue weighted by Crippen LogP contribution is 2.34. The maximum absolute atomic E-state index is 12.9. The van der Waals surface area contributed by atoms with E-state index >= 15 is 0 Å². The molecule has 1 saturated heterocycles. The number of aryl methyl sites for hydroxylation is 2. The summed E-state index contributed by atoms with van der Waals surface area (Å²) in [5, 5.41) is 0.910. The summed E-state index contributed by atoms with van der Waals surface area (Å²) in [6.45, 7) is 2.92. The van der Waals surface area contributed by atoms with Crippen LogP contribution in [0.5, 0.6) is 0 Å². The van der Waals surface area contributed by atoms with E-state index in [0.29, 0.717) is 10.7 Å². The number of H-pyrrole nitrogens is 1. The van der Waals surface area contributed by atoms with Gasteiger partial charge in [0, 0.05) is 18.0 Å². The van der Waals surface area contributed by atoms with Crippen molar-refractivity contribution in [2.45, 2.75) is 32.2 Å². The molecule has 0 radical (unpaired) electrons. The summed E-state index contributed by atoms with van der Waals surface area (Å²) in [5.41, 5.74) is 1.41. The van der Waals surface area contributed by atoms with E-state index in [1.54, 1.807) is 15.9 Å². The number of nitrogens with one attached hydrogen (secondary N) is 1. The third-order valence-corrected chi connectivity index (χ3v) is 6.31. The SMILES string of the molecule is CN1CCC(Cn2c(=S)[nH]c3sc4c(c3c2=O)CCC4)C1. The number of aromatic nitrogens is 2. The first kappa shape index (κ1) is 13.7. The van der Waals surface area contributed by atoms with Crippen molar-refractivity contribution in [3.8, 4) is 0 Å². The molecular weight excluding hydrogens is 302 g/mol. The molecule has 1 unspecified atom stereocenters. The van der Waals surface area contributed by atoms with Crippen molar-refractivity contribution >= 4 is 33.8 Å². The number of aromatic amines is 1. The number of hydrogen-bond acceptors (Lipinski definition) is 4. The Hall–Kier alpha value is -0.980. The number of likely N-dealkylation sites (tertiary alicyclic amines) is 1. The normalized spacial score (nSPS) is 22.2. The topological polar surface area (TPSA) is 41.0 Å². The second kappa shape index (κ2) is 5.04. The van der Waals surface area contributed by atoms with Gasteiger partial charge < -0.3 is 9.88 Å². The Bertz CT molecular complexity index is 817. The Labute approximate surface area is 132 Å². The van der Waals surface area contributed by atoms with Gasteiger partial charge in [-0.25, -0.2) is 0 Å². The fourth-order valence-electron chi connectivity index (χ4n) is 3.71. The van der Waals surface area contributed by atoms with Crippen LogP contribution in [0.4, 0.5) is 0 Å². The first-order valence-electron chi connectivity index (χ1n) is 7.59. The number of nitrogens with zero attached hydrogens (tertiary/aromatic N) is 2. The number of thiophene rings is 1. The van der Waals surface area contributed by atoms with Crippen LogP contribution in [-0.2, 0) is 19.4 Å². The minimum Gasteiger partial charge on any atom is -0.323 e. The first-order valence-corrected chi connectivity index (χ1v) is 8.82. The Morgan fingerprint density at radius 3 is 3.05 bits per heavy atom. The molecule has 3 heterocycles. The van der Waals surface area contributed by atoms with Crippen molar-refractivity contribution in [3.05, 3.63) is 25.6 Å². The minimum absolute atomic E-state index is 0.128. The predicted molar refractivity (Wildman–Crippen MR) is 88.9 cm³/mol. The lowest BCUT2D eigenvalue weighted by molar-refractivity contribution is 0.374. The molecule has 112 valence electrons. The van der Waals surface area contributed by atoms with E-state index in [0.717, 1.165) is 49.1 Å². The standard InChI is InChI=1S/C15H19N3OS2/c1-17-6-5-9(7-17)8-18-14(19)12-10-3-2-4-11(10)21-13(12)16-15(18)20/h9H,2-8H2,1H3,(H,16,20). The van der Waals surface area contributed by atoms with Crippen molar-refractivity contribution in [3.63, 3.8) is 0 Å². The maximum atomic E-state index is 12.9. The van der Waals surface area contributed by atoms with E-state index in [4.69, 9.17) is 12.2 Å². The molecule has 2 aromatic heterocycles. The largest absolute Gasteiger partial charge is 0.323 e. The van der Waals surface area contributed by atoms with Crippen LogP contribution in [0, 0.1) is 10.7 Å². The van der Waals surface area contributed by atoms with E-state index < -0.39 is 0 Å². The van der Waals surface area contributed by atoms with Crippen molar-refractivity contribution in [2.24, 2.45) is 5.92 Å². The summed E-state index contributed by atoms with van der Waals surface area (Å²) < 4.78 is 2.38. The molecule has 1 N–H and O–H groups in total. The van der Waals surface area contributed by atoms with Crippen LogP contribution < -0.4 is 5.56 Å². The van der Waals surface area contributed by atoms with E-state index in [1.807, 2.05) is 0 Å². The Kier molecular flexibility index (Phi) is 3.28. The highest BCUT2D eigenvalue weighted by Gasteiger charge is 2.24. The fourth-order valence-corrected chi connectivity index (χ4v) is 5.31. The summed E-state index contributed by atoms with van der Waals surface area (Å²) in [5.74, 6) is 0.534. The van der Waals surface area contributed by atoms with Gasteiger partial charge in [-0.2, -0.15) is 0 Å². The Balaban J connectivity index is 1.82. The molecule has 2 aromatic rings. The molecule has 21 heavy (non-hydrogen) atoms. The quantitative estimate of drug-likeness (QED) is 0.864. The number of fused-ring (bicyclic) bond motifs is 3. The van der Waals surface area contributed by atoms with Crippen molar-refractivity contribution in [1.29, 1.82) is 0 Å². The molecule has 1 aliphatic carbocycles. The van der Waals surface area contributed by atoms with Crippen LogP contribution >= 0.6 is 23.6 Å². The molecule has 4 nitrogen and oxygen atoms in total. The molecular formula is C15H19N3OS2. The van der Waals surface area contributed by atoms with Gasteiger partial charge in [0.05, 0.1) is 5.39 Å². The summed E-state index contributed by atoms with van der Waals surface area (Å²) in [6, 6.07) is 0. The smallest absolute Gasteiger partial charge is 0.263 e. The van der Waals surface area contributed by atoms with Crippen LogP contribution in [0.1, 0.15) is 23.3 Å². The third-order valence-electron chi connectivity index (χ3n) is 4.78. The number of hydrogen-bond donors (Lipinski definition) is 1. The van der Waals surface area contributed by atoms with Crippen LogP contribution in [0.2, 0.25) is 0 Å². The third kappa shape index (κ3) is 2.20. The molecule has 0 saturated carbocycles. The lowest BCUT2D eigenvalue weighted by Gasteiger charge is -2.13. The molecule has 2 aliphatic rings. The van der Waals surface area contributed by atoms with Gasteiger partial charge in [0.1, 0.15) is 4.83 Å². The minimum atomic E-state index is 0.128. The van der Waals surface area contributed by atoms with Crippen molar-refractivity contribution in [2.75, 3.05) is 20.1 Å². The zero-order valence-corrected chi connectivity index (χ0v) is 13.8. The molecule has 4 rings (SSSR count). The summed E-state index contributed by atoms with van der Waals surface area (Å²) in [7, 11) is 2.14. The monoisotopic (exact) mass is 321 g/mol. The molecule has 1 atom stereocenters. The van der Waals surface area contributed by atoms with Gasteiger partial charge in [-0.3, -0.25) is 9.36 Å².